The zero-order valence-corrected chi connectivity index (χ0v) is 9.43. The van der Waals surface area contributed by atoms with Gasteiger partial charge in [0.05, 0.1) is 0 Å². The first-order valence-corrected chi connectivity index (χ1v) is 4.99. The van der Waals surface area contributed by atoms with Gasteiger partial charge in [0, 0.05) is 11.0 Å². The quantitative estimate of drug-likeness (QED) is 0.799. The lowest BCUT2D eigenvalue weighted by Crippen LogP contribution is -2.38. The zero-order chi connectivity index (χ0) is 9.90. The Morgan fingerprint density at radius 2 is 2.00 bits per heavy atom. The van der Waals surface area contributed by atoms with Gasteiger partial charge in [-0.05, 0) is 25.5 Å². The van der Waals surface area contributed by atoms with E-state index < -0.39 is 5.72 Å². The lowest BCUT2D eigenvalue weighted by atomic mass is 10.2. The molecule has 0 aromatic heterocycles. The van der Waals surface area contributed by atoms with Crippen molar-refractivity contribution >= 4 is 15.9 Å². The molecule has 1 rings (SSSR count). The Morgan fingerprint density at radius 1 is 1.38 bits per heavy atom. The zero-order valence-electron chi connectivity index (χ0n) is 7.84. The molecule has 0 unspecified atom stereocenters. The summed E-state index contributed by atoms with van der Waals surface area (Å²) in [6, 6.07) is 7.95. The maximum absolute atomic E-state index is 9.44. The minimum Gasteiger partial charge on any atom is -0.376 e. The van der Waals surface area contributed by atoms with Crippen molar-refractivity contribution in [3.63, 3.8) is 0 Å². The van der Waals surface area contributed by atoms with E-state index in [-0.39, 0.29) is 0 Å². The van der Waals surface area contributed by atoms with E-state index in [1.807, 2.05) is 24.3 Å². The van der Waals surface area contributed by atoms with Crippen molar-refractivity contribution < 1.29 is 5.11 Å². The second kappa shape index (κ2) is 4.22. The molecular formula is C10H14BrNO. The molecule has 0 fully saturated rings. The van der Waals surface area contributed by atoms with Crippen LogP contribution in [0.2, 0.25) is 0 Å². The average Bonchev–Trinajstić information content (AvgIpc) is 2.01. The highest BCUT2D eigenvalue weighted by Gasteiger charge is 2.10. The van der Waals surface area contributed by atoms with Crippen molar-refractivity contribution in [2.24, 2.45) is 0 Å². The van der Waals surface area contributed by atoms with E-state index in [0.29, 0.717) is 6.54 Å². The molecule has 3 heteroatoms. The summed E-state index contributed by atoms with van der Waals surface area (Å²) < 4.78 is 1.06. The Morgan fingerprint density at radius 3 is 2.54 bits per heavy atom. The van der Waals surface area contributed by atoms with Gasteiger partial charge in [-0.1, -0.05) is 34.1 Å². The molecule has 0 bridgehead atoms. The fourth-order valence-corrected chi connectivity index (χ4v) is 1.38. The summed E-state index contributed by atoms with van der Waals surface area (Å²) in [5.74, 6) is 0. The van der Waals surface area contributed by atoms with Crippen molar-refractivity contribution in [2.75, 3.05) is 0 Å². The minimum absolute atomic E-state index is 0.658. The third-order valence-corrected chi connectivity index (χ3v) is 2.44. The summed E-state index contributed by atoms with van der Waals surface area (Å²) in [5.41, 5.74) is 0.319. The first-order chi connectivity index (χ1) is 5.99. The van der Waals surface area contributed by atoms with Gasteiger partial charge in [-0.2, -0.15) is 0 Å². The van der Waals surface area contributed by atoms with Crippen LogP contribution in [0.25, 0.3) is 0 Å². The van der Waals surface area contributed by atoms with Gasteiger partial charge in [0.25, 0.3) is 0 Å². The van der Waals surface area contributed by atoms with E-state index in [4.69, 9.17) is 0 Å². The largest absolute Gasteiger partial charge is 0.376 e. The van der Waals surface area contributed by atoms with Crippen LogP contribution in [0.3, 0.4) is 0 Å². The van der Waals surface area contributed by atoms with E-state index in [1.54, 1.807) is 13.8 Å². The van der Waals surface area contributed by atoms with E-state index in [9.17, 15) is 5.11 Å². The smallest absolute Gasteiger partial charge is 0.110 e. The summed E-state index contributed by atoms with van der Waals surface area (Å²) in [7, 11) is 0. The highest BCUT2D eigenvalue weighted by Crippen LogP contribution is 2.15. The summed E-state index contributed by atoms with van der Waals surface area (Å²) in [6.07, 6.45) is 0. The highest BCUT2D eigenvalue weighted by atomic mass is 79.9. The van der Waals surface area contributed by atoms with E-state index in [1.165, 1.54) is 0 Å². The average molecular weight is 244 g/mol. The van der Waals surface area contributed by atoms with Gasteiger partial charge in [0.15, 0.2) is 0 Å². The van der Waals surface area contributed by atoms with Crippen molar-refractivity contribution in [3.8, 4) is 0 Å². The van der Waals surface area contributed by atoms with Gasteiger partial charge in [-0.25, -0.2) is 0 Å². The van der Waals surface area contributed by atoms with Crippen LogP contribution in [0.5, 0.6) is 0 Å². The van der Waals surface area contributed by atoms with Gasteiger partial charge in [-0.3, -0.25) is 5.32 Å². The number of benzene rings is 1. The highest BCUT2D eigenvalue weighted by molar-refractivity contribution is 9.10. The number of nitrogens with one attached hydrogen (secondary N) is 1. The molecular weight excluding hydrogens is 230 g/mol. The van der Waals surface area contributed by atoms with Crippen molar-refractivity contribution in [3.05, 3.63) is 34.3 Å². The van der Waals surface area contributed by atoms with Crippen LogP contribution in [-0.4, -0.2) is 10.8 Å². The Bertz CT molecular complexity index is 280. The normalized spacial score (nSPS) is 11.7. The maximum atomic E-state index is 9.44. The lowest BCUT2D eigenvalue weighted by molar-refractivity contribution is 0.0416. The predicted octanol–water partition coefficient (Wildman–Crippen LogP) is 2.27. The molecule has 0 saturated heterocycles. The summed E-state index contributed by atoms with van der Waals surface area (Å²) >= 11 is 3.44. The standard InChI is InChI=1S/C10H14BrNO/c1-10(2,13)12-7-8-5-3-4-6-9(8)11/h3-6,12-13H,7H2,1-2H3. The van der Waals surface area contributed by atoms with Crippen LogP contribution in [-0.2, 0) is 6.54 Å². The lowest BCUT2D eigenvalue weighted by Gasteiger charge is -2.19. The topological polar surface area (TPSA) is 32.3 Å². The van der Waals surface area contributed by atoms with Crippen molar-refractivity contribution in [1.29, 1.82) is 0 Å². The van der Waals surface area contributed by atoms with Crippen molar-refractivity contribution in [1.82, 2.24) is 5.32 Å². The third-order valence-electron chi connectivity index (χ3n) is 1.67. The molecule has 72 valence electrons. The number of halogens is 1. The SMILES string of the molecule is CC(C)(O)NCc1ccccc1Br. The second-order valence-electron chi connectivity index (χ2n) is 3.50. The molecule has 0 heterocycles. The number of hydrogen-bond acceptors (Lipinski definition) is 2. The molecule has 0 amide bonds. The van der Waals surface area contributed by atoms with E-state index in [0.717, 1.165) is 10.0 Å². The Hall–Kier alpha value is -0.380. The summed E-state index contributed by atoms with van der Waals surface area (Å²) in [4.78, 5) is 0. The molecule has 0 atom stereocenters. The molecule has 0 spiro atoms. The van der Waals surface area contributed by atoms with Crippen LogP contribution in [0, 0.1) is 0 Å². The van der Waals surface area contributed by atoms with Crippen LogP contribution in [0.1, 0.15) is 19.4 Å². The molecule has 2 N–H and O–H groups in total. The van der Waals surface area contributed by atoms with Gasteiger partial charge in [0.1, 0.15) is 5.72 Å². The number of aliphatic hydroxyl groups is 1. The predicted molar refractivity (Wildman–Crippen MR) is 57.3 cm³/mol. The monoisotopic (exact) mass is 243 g/mol. The molecule has 1 aromatic carbocycles. The first kappa shape index (κ1) is 10.7. The molecule has 1 aromatic rings. The number of rotatable bonds is 3. The first-order valence-electron chi connectivity index (χ1n) is 4.20. The van der Waals surface area contributed by atoms with Gasteiger partial charge in [0.2, 0.25) is 0 Å². The van der Waals surface area contributed by atoms with Crippen LogP contribution < -0.4 is 5.32 Å². The molecule has 0 radical (unpaired) electrons. The minimum atomic E-state index is -0.824. The fourth-order valence-electron chi connectivity index (χ4n) is 0.953. The van der Waals surface area contributed by atoms with E-state index in [2.05, 4.69) is 21.2 Å². The van der Waals surface area contributed by atoms with Crippen LogP contribution in [0.4, 0.5) is 0 Å². The van der Waals surface area contributed by atoms with Gasteiger partial charge < -0.3 is 5.11 Å². The Balaban J connectivity index is 2.60. The van der Waals surface area contributed by atoms with Crippen LogP contribution >= 0.6 is 15.9 Å². The fraction of sp³-hybridized carbons (Fsp3) is 0.400. The summed E-state index contributed by atoms with van der Waals surface area (Å²) in [5, 5.41) is 12.4. The summed E-state index contributed by atoms with van der Waals surface area (Å²) in [6.45, 7) is 4.11. The number of hydrogen-bond donors (Lipinski definition) is 2. The molecule has 0 aliphatic rings. The molecule has 13 heavy (non-hydrogen) atoms. The van der Waals surface area contributed by atoms with Crippen LogP contribution in [0.15, 0.2) is 28.7 Å². The second-order valence-corrected chi connectivity index (χ2v) is 4.36. The van der Waals surface area contributed by atoms with E-state index >= 15 is 0 Å². The maximum Gasteiger partial charge on any atom is 0.110 e. The Kier molecular flexibility index (Phi) is 3.47. The molecule has 0 aliphatic carbocycles. The third kappa shape index (κ3) is 3.89. The van der Waals surface area contributed by atoms with Gasteiger partial charge in [-0.15, -0.1) is 0 Å². The molecule has 0 aliphatic heterocycles. The van der Waals surface area contributed by atoms with Crippen molar-refractivity contribution in [2.45, 2.75) is 26.1 Å². The molecule has 0 saturated carbocycles. The van der Waals surface area contributed by atoms with Gasteiger partial charge >= 0.3 is 0 Å². The molecule has 2 nitrogen and oxygen atoms in total. The Labute approximate surface area is 87.1 Å².